The lowest BCUT2D eigenvalue weighted by molar-refractivity contribution is 0.323. The minimum atomic E-state index is 0.117. The topological polar surface area (TPSA) is 78.1 Å². The SMILES string of the molecule is COc1cc(/C=N\N)c(C2=CSC(c3ccccc3)N2)c(OC)c1OC. The molecule has 1 aliphatic heterocycles. The summed E-state index contributed by atoms with van der Waals surface area (Å²) in [5.41, 5.74) is 3.70. The zero-order valence-electron chi connectivity index (χ0n) is 14.9. The second-order valence-corrected chi connectivity index (χ2v) is 6.47. The van der Waals surface area contributed by atoms with Gasteiger partial charge in [-0.1, -0.05) is 30.3 Å². The highest BCUT2D eigenvalue weighted by molar-refractivity contribution is 8.02. The van der Waals surface area contributed by atoms with Crippen LogP contribution in [-0.2, 0) is 0 Å². The molecule has 0 fully saturated rings. The Hall–Kier alpha value is -2.80. The van der Waals surface area contributed by atoms with E-state index in [0.29, 0.717) is 17.2 Å². The molecule has 6 nitrogen and oxygen atoms in total. The number of thioether (sulfide) groups is 1. The first-order chi connectivity index (χ1) is 12.7. The van der Waals surface area contributed by atoms with E-state index in [1.54, 1.807) is 39.3 Å². The Balaban J connectivity index is 2.06. The third kappa shape index (κ3) is 3.30. The van der Waals surface area contributed by atoms with Gasteiger partial charge in [0.2, 0.25) is 5.75 Å². The van der Waals surface area contributed by atoms with E-state index in [9.17, 15) is 0 Å². The average molecular weight is 371 g/mol. The smallest absolute Gasteiger partial charge is 0.204 e. The van der Waals surface area contributed by atoms with Crippen LogP contribution in [0.4, 0.5) is 0 Å². The molecular formula is C19H21N3O3S. The fourth-order valence-electron chi connectivity index (χ4n) is 2.90. The van der Waals surface area contributed by atoms with Gasteiger partial charge in [0.25, 0.3) is 0 Å². The Morgan fingerprint density at radius 3 is 2.42 bits per heavy atom. The molecule has 3 N–H and O–H groups in total. The number of rotatable bonds is 6. The van der Waals surface area contributed by atoms with Crippen LogP contribution >= 0.6 is 11.8 Å². The van der Waals surface area contributed by atoms with E-state index in [2.05, 4.69) is 28.0 Å². The molecule has 26 heavy (non-hydrogen) atoms. The first kappa shape index (κ1) is 18.0. The summed E-state index contributed by atoms with van der Waals surface area (Å²) in [6, 6.07) is 12.1. The monoisotopic (exact) mass is 371 g/mol. The summed E-state index contributed by atoms with van der Waals surface area (Å²) in [6.07, 6.45) is 1.57. The van der Waals surface area contributed by atoms with E-state index in [1.165, 1.54) is 5.56 Å². The molecule has 0 radical (unpaired) electrons. The fraction of sp³-hybridized carbons (Fsp3) is 0.211. The van der Waals surface area contributed by atoms with Crippen molar-refractivity contribution in [3.8, 4) is 17.2 Å². The number of hydrazone groups is 1. The molecule has 0 saturated carbocycles. The molecule has 7 heteroatoms. The van der Waals surface area contributed by atoms with Gasteiger partial charge in [0.05, 0.1) is 38.8 Å². The molecule has 1 unspecified atom stereocenters. The van der Waals surface area contributed by atoms with Gasteiger partial charge in [-0.15, -0.1) is 11.8 Å². The maximum absolute atomic E-state index is 5.65. The molecule has 3 rings (SSSR count). The summed E-state index contributed by atoms with van der Waals surface area (Å²) >= 11 is 1.69. The maximum Gasteiger partial charge on any atom is 0.204 e. The minimum absolute atomic E-state index is 0.117. The Labute approximate surface area is 157 Å². The second kappa shape index (κ2) is 8.05. The normalized spacial score (nSPS) is 16.3. The molecule has 2 aromatic rings. The summed E-state index contributed by atoms with van der Waals surface area (Å²) < 4.78 is 16.6. The largest absolute Gasteiger partial charge is 0.493 e. The van der Waals surface area contributed by atoms with Crippen LogP contribution in [0.25, 0.3) is 5.70 Å². The Morgan fingerprint density at radius 2 is 1.81 bits per heavy atom. The zero-order valence-corrected chi connectivity index (χ0v) is 15.7. The number of ether oxygens (including phenoxy) is 3. The van der Waals surface area contributed by atoms with Crippen molar-refractivity contribution in [2.45, 2.75) is 5.37 Å². The van der Waals surface area contributed by atoms with Crippen molar-refractivity contribution < 1.29 is 14.2 Å². The fourth-order valence-corrected chi connectivity index (χ4v) is 3.87. The van der Waals surface area contributed by atoms with E-state index >= 15 is 0 Å². The molecule has 0 saturated heterocycles. The van der Waals surface area contributed by atoms with Gasteiger partial charge in [-0.3, -0.25) is 0 Å². The quantitative estimate of drug-likeness (QED) is 0.461. The Morgan fingerprint density at radius 1 is 1.08 bits per heavy atom. The predicted octanol–water partition coefficient (Wildman–Crippen LogP) is 3.34. The van der Waals surface area contributed by atoms with Gasteiger partial charge in [0, 0.05) is 5.56 Å². The molecule has 1 heterocycles. The lowest BCUT2D eigenvalue weighted by Crippen LogP contribution is -2.14. The maximum atomic E-state index is 5.65. The number of nitrogens with one attached hydrogen (secondary N) is 1. The van der Waals surface area contributed by atoms with Gasteiger partial charge in [-0.2, -0.15) is 5.10 Å². The lowest BCUT2D eigenvalue weighted by Gasteiger charge is -2.20. The van der Waals surface area contributed by atoms with Crippen LogP contribution in [0.3, 0.4) is 0 Å². The van der Waals surface area contributed by atoms with E-state index in [0.717, 1.165) is 16.8 Å². The molecule has 0 bridgehead atoms. The number of benzene rings is 2. The lowest BCUT2D eigenvalue weighted by atomic mass is 10.0. The van der Waals surface area contributed by atoms with Gasteiger partial charge >= 0.3 is 0 Å². The van der Waals surface area contributed by atoms with Crippen molar-refractivity contribution in [3.63, 3.8) is 0 Å². The molecule has 2 aromatic carbocycles. The predicted molar refractivity (Wildman–Crippen MR) is 106 cm³/mol. The number of methoxy groups -OCH3 is 3. The van der Waals surface area contributed by atoms with Crippen molar-refractivity contribution in [1.29, 1.82) is 0 Å². The van der Waals surface area contributed by atoms with Crippen LogP contribution in [0.2, 0.25) is 0 Å². The van der Waals surface area contributed by atoms with Crippen LogP contribution in [0.1, 0.15) is 22.1 Å². The standard InChI is InChI=1S/C19H21N3O3S/c1-23-15-9-13(10-21-20)16(18(25-3)17(15)24-2)14-11-26-19(22-14)12-7-5-4-6-8-12/h4-11,19,22H,20H2,1-3H3/b21-10-. The molecule has 0 aliphatic carbocycles. The van der Waals surface area contributed by atoms with Crippen molar-refractivity contribution in [2.75, 3.05) is 21.3 Å². The number of hydrogen-bond donors (Lipinski definition) is 2. The number of nitrogens with two attached hydrogens (primary N) is 1. The molecule has 0 aromatic heterocycles. The number of hydrogen-bond acceptors (Lipinski definition) is 7. The van der Waals surface area contributed by atoms with Crippen LogP contribution in [0.5, 0.6) is 17.2 Å². The van der Waals surface area contributed by atoms with Crippen molar-refractivity contribution in [1.82, 2.24) is 5.32 Å². The summed E-state index contributed by atoms with van der Waals surface area (Å²) in [5, 5.41) is 9.40. The van der Waals surface area contributed by atoms with E-state index in [-0.39, 0.29) is 5.37 Å². The van der Waals surface area contributed by atoms with Crippen LogP contribution in [-0.4, -0.2) is 27.5 Å². The van der Waals surface area contributed by atoms with Crippen molar-refractivity contribution in [2.24, 2.45) is 10.9 Å². The first-order valence-electron chi connectivity index (χ1n) is 7.97. The van der Waals surface area contributed by atoms with Crippen molar-refractivity contribution in [3.05, 3.63) is 58.5 Å². The van der Waals surface area contributed by atoms with Crippen LogP contribution < -0.4 is 25.4 Å². The second-order valence-electron chi connectivity index (χ2n) is 5.49. The average Bonchev–Trinajstić information content (AvgIpc) is 3.17. The minimum Gasteiger partial charge on any atom is -0.493 e. The summed E-state index contributed by atoms with van der Waals surface area (Å²) in [5.74, 6) is 7.05. The van der Waals surface area contributed by atoms with Gasteiger partial charge in [0.1, 0.15) is 5.37 Å². The van der Waals surface area contributed by atoms with Gasteiger partial charge in [-0.25, -0.2) is 0 Å². The molecule has 136 valence electrons. The summed E-state index contributed by atoms with van der Waals surface area (Å²) in [7, 11) is 4.76. The van der Waals surface area contributed by atoms with Crippen molar-refractivity contribution >= 4 is 23.7 Å². The highest BCUT2D eigenvalue weighted by Crippen LogP contribution is 2.47. The van der Waals surface area contributed by atoms with Crippen LogP contribution in [0.15, 0.2) is 46.9 Å². The van der Waals surface area contributed by atoms with Gasteiger partial charge in [0.15, 0.2) is 11.5 Å². The molecule has 1 atom stereocenters. The zero-order chi connectivity index (χ0) is 18.5. The highest BCUT2D eigenvalue weighted by Gasteiger charge is 2.27. The van der Waals surface area contributed by atoms with E-state index in [1.807, 2.05) is 24.3 Å². The molecule has 0 spiro atoms. The Bertz CT molecular complexity index is 838. The van der Waals surface area contributed by atoms with Crippen LogP contribution in [0, 0.1) is 0 Å². The number of nitrogens with zero attached hydrogens (tertiary/aromatic N) is 1. The van der Waals surface area contributed by atoms with Gasteiger partial charge < -0.3 is 25.4 Å². The summed E-state index contributed by atoms with van der Waals surface area (Å²) in [4.78, 5) is 0. The van der Waals surface area contributed by atoms with Gasteiger partial charge in [-0.05, 0) is 17.0 Å². The summed E-state index contributed by atoms with van der Waals surface area (Å²) in [6.45, 7) is 0. The third-order valence-electron chi connectivity index (χ3n) is 4.05. The Kier molecular flexibility index (Phi) is 5.58. The molecule has 1 aliphatic rings. The van der Waals surface area contributed by atoms with E-state index < -0.39 is 0 Å². The molecule has 0 amide bonds. The van der Waals surface area contributed by atoms with E-state index in [4.69, 9.17) is 20.1 Å². The highest BCUT2D eigenvalue weighted by atomic mass is 32.2. The molecular weight excluding hydrogens is 350 g/mol. The first-order valence-corrected chi connectivity index (χ1v) is 8.91. The third-order valence-corrected chi connectivity index (χ3v) is 5.09.